The normalized spacial score (nSPS) is 30.2. The molecule has 2 saturated heterocycles. The highest BCUT2D eigenvalue weighted by molar-refractivity contribution is 5.79. The van der Waals surface area contributed by atoms with E-state index < -0.39 is 5.60 Å². The summed E-state index contributed by atoms with van der Waals surface area (Å²) in [6, 6.07) is 0.519. The highest BCUT2D eigenvalue weighted by Crippen LogP contribution is 2.51. The summed E-state index contributed by atoms with van der Waals surface area (Å²) in [4.78, 5) is 32.0. The molecule has 2 saturated carbocycles. The van der Waals surface area contributed by atoms with Crippen LogP contribution in [0.4, 0.5) is 4.79 Å². The summed E-state index contributed by atoms with van der Waals surface area (Å²) in [5.41, 5.74) is -0.837. The van der Waals surface area contributed by atoms with Gasteiger partial charge in [0.2, 0.25) is 5.91 Å². The molecule has 1 atom stereocenters. The van der Waals surface area contributed by atoms with Crippen LogP contribution in [0.2, 0.25) is 0 Å². The van der Waals surface area contributed by atoms with E-state index in [-0.39, 0.29) is 17.4 Å². The van der Waals surface area contributed by atoms with Crippen molar-refractivity contribution in [2.24, 2.45) is 10.8 Å². The molecule has 4 fully saturated rings. The molecule has 7 nitrogen and oxygen atoms in total. The maximum atomic E-state index is 13.2. The Morgan fingerprint density at radius 2 is 1.76 bits per heavy atom. The van der Waals surface area contributed by atoms with Crippen LogP contribution in [0.15, 0.2) is 0 Å². The lowest BCUT2D eigenvalue weighted by molar-refractivity contribution is -0.161. The van der Waals surface area contributed by atoms with Crippen molar-refractivity contribution in [1.29, 1.82) is 0 Å². The van der Waals surface area contributed by atoms with Crippen LogP contribution >= 0.6 is 0 Å². The Kier molecular flexibility index (Phi) is 7.83. The third-order valence-electron chi connectivity index (χ3n) is 9.44. The van der Waals surface area contributed by atoms with E-state index in [1.165, 1.54) is 25.7 Å². The first-order chi connectivity index (χ1) is 16.2. The van der Waals surface area contributed by atoms with Crippen LogP contribution < -0.4 is 0 Å². The quantitative estimate of drug-likeness (QED) is 0.585. The molecule has 2 aliphatic carbocycles. The van der Waals surface area contributed by atoms with Gasteiger partial charge in [-0.1, -0.05) is 40.0 Å². The van der Waals surface area contributed by atoms with Gasteiger partial charge in [-0.15, -0.1) is 0 Å². The molecule has 0 aromatic carbocycles. The molecule has 1 unspecified atom stereocenters. The number of nitrogens with zero attached hydrogens (tertiary/aromatic N) is 3. The Labute approximate surface area is 206 Å². The number of carbonyl (C=O) groups excluding carboxylic acids is 2. The molecule has 1 N–H and O–H groups in total. The molecule has 7 heteroatoms. The van der Waals surface area contributed by atoms with E-state index in [1.54, 1.807) is 4.90 Å². The van der Waals surface area contributed by atoms with Crippen molar-refractivity contribution in [2.75, 3.05) is 45.9 Å². The van der Waals surface area contributed by atoms with E-state index in [0.717, 1.165) is 45.1 Å². The number of hydrogen-bond acceptors (Lipinski definition) is 5. The average Bonchev–Trinajstić information content (AvgIpc) is 3.27. The van der Waals surface area contributed by atoms with Crippen LogP contribution in [0.1, 0.15) is 91.4 Å². The molecular formula is C27H47N3O4. The molecule has 4 rings (SSSR count). The van der Waals surface area contributed by atoms with Gasteiger partial charge in [0, 0.05) is 37.6 Å². The van der Waals surface area contributed by atoms with Gasteiger partial charge < -0.3 is 19.6 Å². The number of rotatable bonds is 6. The molecule has 0 bridgehead atoms. The SMILES string of the molecule is CCCCOC(=O)N1CCC(O)(CN2CCN(C3CCC(C)(C)CC3)CC2=O)C2(CCCC2)C1. The maximum Gasteiger partial charge on any atom is 0.409 e. The van der Waals surface area contributed by atoms with Gasteiger partial charge in [-0.25, -0.2) is 4.79 Å². The predicted molar refractivity (Wildman–Crippen MR) is 132 cm³/mol. The molecule has 0 aromatic heterocycles. The standard InChI is InChI=1S/C27H47N3O4/c1-4-5-18-34-24(32)30-15-14-27(33,26(20-30)10-6-7-11-26)21-29-17-16-28(19-23(29)31)22-8-12-25(2,3)13-9-22/h22,33H,4-21H2,1-3H3. The summed E-state index contributed by atoms with van der Waals surface area (Å²) in [6.07, 6.45) is 10.9. The third-order valence-corrected chi connectivity index (χ3v) is 9.44. The number of unbranched alkanes of at least 4 members (excludes halogenated alkanes) is 1. The third kappa shape index (κ3) is 5.40. The summed E-state index contributed by atoms with van der Waals surface area (Å²) >= 11 is 0. The van der Waals surface area contributed by atoms with Crippen molar-refractivity contribution in [3.05, 3.63) is 0 Å². The number of aliphatic hydroxyl groups is 1. The van der Waals surface area contributed by atoms with E-state index >= 15 is 0 Å². The largest absolute Gasteiger partial charge is 0.449 e. The molecule has 2 amide bonds. The van der Waals surface area contributed by atoms with Crippen LogP contribution in [0.25, 0.3) is 0 Å². The monoisotopic (exact) mass is 477 g/mol. The first-order valence-corrected chi connectivity index (χ1v) is 13.8. The van der Waals surface area contributed by atoms with Gasteiger partial charge in [0.25, 0.3) is 0 Å². The van der Waals surface area contributed by atoms with Gasteiger partial charge in [0.1, 0.15) is 0 Å². The summed E-state index contributed by atoms with van der Waals surface area (Å²) in [5, 5.41) is 12.0. The Bertz CT molecular complexity index is 725. The zero-order valence-corrected chi connectivity index (χ0v) is 21.8. The smallest absolute Gasteiger partial charge is 0.409 e. The minimum atomic E-state index is -0.934. The van der Waals surface area contributed by atoms with Crippen molar-refractivity contribution in [1.82, 2.24) is 14.7 Å². The lowest BCUT2D eigenvalue weighted by Gasteiger charge is -2.54. The van der Waals surface area contributed by atoms with Crippen LogP contribution in [-0.4, -0.2) is 89.3 Å². The van der Waals surface area contributed by atoms with Gasteiger partial charge >= 0.3 is 6.09 Å². The zero-order valence-electron chi connectivity index (χ0n) is 21.8. The molecule has 0 aromatic rings. The molecular weight excluding hydrogens is 430 g/mol. The molecule has 1 spiro atoms. The fourth-order valence-corrected chi connectivity index (χ4v) is 6.92. The lowest BCUT2D eigenvalue weighted by Crippen LogP contribution is -2.66. The molecule has 2 aliphatic heterocycles. The van der Waals surface area contributed by atoms with Crippen LogP contribution in [0.5, 0.6) is 0 Å². The summed E-state index contributed by atoms with van der Waals surface area (Å²) < 4.78 is 5.48. The van der Waals surface area contributed by atoms with Gasteiger partial charge in [-0.2, -0.15) is 0 Å². The molecule has 2 heterocycles. The van der Waals surface area contributed by atoms with Gasteiger partial charge in [-0.3, -0.25) is 9.69 Å². The Morgan fingerprint density at radius 3 is 2.41 bits per heavy atom. The van der Waals surface area contributed by atoms with Gasteiger partial charge in [0.05, 0.1) is 25.3 Å². The highest BCUT2D eigenvalue weighted by atomic mass is 16.6. The number of piperidine rings is 1. The van der Waals surface area contributed by atoms with E-state index in [2.05, 4.69) is 25.7 Å². The van der Waals surface area contributed by atoms with Crippen LogP contribution in [0, 0.1) is 10.8 Å². The minimum absolute atomic E-state index is 0.152. The second kappa shape index (κ2) is 10.3. The molecule has 0 radical (unpaired) electrons. The maximum absolute atomic E-state index is 13.2. The number of hydrogen-bond donors (Lipinski definition) is 1. The summed E-state index contributed by atoms with van der Waals surface area (Å²) in [6.45, 7) is 10.7. The van der Waals surface area contributed by atoms with E-state index in [9.17, 15) is 14.7 Å². The van der Waals surface area contributed by atoms with Gasteiger partial charge in [-0.05, 0) is 56.8 Å². The van der Waals surface area contributed by atoms with Crippen molar-refractivity contribution in [2.45, 2.75) is 103 Å². The first-order valence-electron chi connectivity index (χ1n) is 13.8. The number of amides is 2. The second-order valence-electron chi connectivity index (χ2n) is 12.3. The highest BCUT2D eigenvalue weighted by Gasteiger charge is 2.56. The predicted octanol–water partition coefficient (Wildman–Crippen LogP) is 4.03. The minimum Gasteiger partial charge on any atom is -0.449 e. The van der Waals surface area contributed by atoms with Crippen LogP contribution in [0.3, 0.4) is 0 Å². The first kappa shape index (κ1) is 25.7. The molecule has 34 heavy (non-hydrogen) atoms. The molecule has 4 aliphatic rings. The Morgan fingerprint density at radius 1 is 1.06 bits per heavy atom. The van der Waals surface area contributed by atoms with Gasteiger partial charge in [0.15, 0.2) is 0 Å². The van der Waals surface area contributed by atoms with Crippen LogP contribution in [-0.2, 0) is 9.53 Å². The Hall–Kier alpha value is -1.34. The van der Waals surface area contributed by atoms with E-state index in [0.29, 0.717) is 57.2 Å². The number of carbonyl (C=O) groups is 2. The van der Waals surface area contributed by atoms with E-state index in [4.69, 9.17) is 4.74 Å². The number of β-amino-alcohol motifs (C(OH)–C–C–N with tert-alkyl or cyclic N) is 1. The Balaban J connectivity index is 1.36. The summed E-state index contributed by atoms with van der Waals surface area (Å²) in [5.74, 6) is 0.152. The van der Waals surface area contributed by atoms with Crippen molar-refractivity contribution < 1.29 is 19.4 Å². The van der Waals surface area contributed by atoms with Crippen molar-refractivity contribution in [3.63, 3.8) is 0 Å². The van der Waals surface area contributed by atoms with Crippen molar-refractivity contribution >= 4 is 12.0 Å². The topological polar surface area (TPSA) is 73.3 Å². The fraction of sp³-hybridized carbons (Fsp3) is 0.926. The number of piperazine rings is 1. The van der Waals surface area contributed by atoms with Crippen molar-refractivity contribution in [3.8, 4) is 0 Å². The second-order valence-corrected chi connectivity index (χ2v) is 12.3. The average molecular weight is 478 g/mol. The fourth-order valence-electron chi connectivity index (χ4n) is 6.92. The van der Waals surface area contributed by atoms with E-state index in [1.807, 2.05) is 4.90 Å². The lowest BCUT2D eigenvalue weighted by atomic mass is 9.65. The summed E-state index contributed by atoms with van der Waals surface area (Å²) in [7, 11) is 0. The molecule has 194 valence electrons. The number of ether oxygens (including phenoxy) is 1. The zero-order chi connectivity index (χ0) is 24.4. The number of likely N-dealkylation sites (tertiary alicyclic amines) is 1.